The van der Waals surface area contributed by atoms with Gasteiger partial charge in [0.25, 0.3) is 5.56 Å². The molecule has 0 radical (unpaired) electrons. The van der Waals surface area contributed by atoms with E-state index in [1.165, 1.54) is 11.7 Å². The molecule has 1 aromatic carbocycles. The molecule has 3 aromatic rings. The van der Waals surface area contributed by atoms with Gasteiger partial charge in [0.2, 0.25) is 5.89 Å². The average Bonchev–Trinajstić information content (AvgIpc) is 3.04. The summed E-state index contributed by atoms with van der Waals surface area (Å²) in [5, 5.41) is 0. The Morgan fingerprint density at radius 1 is 1.36 bits per heavy atom. The van der Waals surface area contributed by atoms with Crippen molar-refractivity contribution in [2.45, 2.75) is 26.3 Å². The van der Waals surface area contributed by atoms with Gasteiger partial charge in [-0.15, -0.1) is 0 Å². The monoisotopic (exact) mass is 404 g/mol. The molecule has 0 spiro atoms. The summed E-state index contributed by atoms with van der Waals surface area (Å²) in [7, 11) is 1.35. The Morgan fingerprint density at radius 3 is 2.92 bits per heavy atom. The average molecular weight is 405 g/mol. The molecule has 0 amide bonds. The van der Waals surface area contributed by atoms with Gasteiger partial charge in [-0.3, -0.25) is 9.59 Å². The van der Waals surface area contributed by atoms with Crippen LogP contribution in [0, 0.1) is 6.92 Å². The minimum Gasteiger partial charge on any atom is -0.469 e. The highest BCUT2D eigenvalue weighted by molar-refractivity contribution is 9.10. The van der Waals surface area contributed by atoms with E-state index < -0.39 is 0 Å². The van der Waals surface area contributed by atoms with Crippen molar-refractivity contribution in [3.8, 4) is 11.5 Å². The number of esters is 1. The summed E-state index contributed by atoms with van der Waals surface area (Å²) in [5.41, 5.74) is 2.33. The first kappa shape index (κ1) is 17.4. The number of ether oxygens (including phenoxy) is 1. The lowest BCUT2D eigenvalue weighted by Crippen LogP contribution is -2.20. The number of carbonyl (C=O) groups is 1. The number of pyridine rings is 1. The maximum absolute atomic E-state index is 12.6. The molecule has 2 heterocycles. The fourth-order valence-corrected chi connectivity index (χ4v) is 2.95. The molecule has 0 atom stereocenters. The summed E-state index contributed by atoms with van der Waals surface area (Å²) in [6.07, 6.45) is 2.44. The van der Waals surface area contributed by atoms with Gasteiger partial charge in [0.1, 0.15) is 0 Å². The van der Waals surface area contributed by atoms with Crippen LogP contribution < -0.4 is 5.56 Å². The van der Waals surface area contributed by atoms with Crippen LogP contribution in [0.2, 0.25) is 0 Å². The summed E-state index contributed by atoms with van der Waals surface area (Å²) < 4.78 is 12.9. The van der Waals surface area contributed by atoms with Crippen molar-refractivity contribution in [3.05, 3.63) is 50.9 Å². The summed E-state index contributed by atoms with van der Waals surface area (Å²) in [4.78, 5) is 28.2. The van der Waals surface area contributed by atoms with Crippen LogP contribution >= 0.6 is 15.9 Å². The maximum atomic E-state index is 12.6. The highest BCUT2D eigenvalue weighted by Gasteiger charge is 2.15. The fourth-order valence-electron chi connectivity index (χ4n) is 2.59. The van der Waals surface area contributed by atoms with E-state index >= 15 is 0 Å². The first-order valence-electron chi connectivity index (χ1n) is 7.83. The van der Waals surface area contributed by atoms with Crippen LogP contribution in [0.1, 0.15) is 18.4 Å². The number of methoxy groups -OCH3 is 1. The first-order chi connectivity index (χ1) is 12.0. The Bertz CT molecular complexity index is 990. The SMILES string of the molecule is COC(=O)CCCn1ccc2oc(-c3cccc(Br)c3C)nc2c1=O. The zero-order valence-electron chi connectivity index (χ0n) is 13.9. The minimum absolute atomic E-state index is 0.231. The van der Waals surface area contributed by atoms with Crippen molar-refractivity contribution in [3.63, 3.8) is 0 Å². The summed E-state index contributed by atoms with van der Waals surface area (Å²) in [6, 6.07) is 7.46. The van der Waals surface area contributed by atoms with Crippen molar-refractivity contribution in [2.24, 2.45) is 0 Å². The van der Waals surface area contributed by atoms with E-state index in [1.807, 2.05) is 25.1 Å². The predicted molar refractivity (Wildman–Crippen MR) is 97.4 cm³/mol. The van der Waals surface area contributed by atoms with Gasteiger partial charge in [-0.2, -0.15) is 0 Å². The Hall–Kier alpha value is -2.41. The molecule has 0 aliphatic carbocycles. The zero-order valence-corrected chi connectivity index (χ0v) is 15.5. The van der Waals surface area contributed by atoms with Crippen molar-refractivity contribution in [1.29, 1.82) is 0 Å². The van der Waals surface area contributed by atoms with Gasteiger partial charge < -0.3 is 13.7 Å². The predicted octanol–water partition coefficient (Wildman–Crippen LogP) is 3.68. The molecule has 25 heavy (non-hydrogen) atoms. The number of fused-ring (bicyclic) bond motifs is 1. The number of oxazole rings is 1. The lowest BCUT2D eigenvalue weighted by molar-refractivity contribution is -0.140. The molecule has 0 aliphatic heterocycles. The van der Waals surface area contributed by atoms with Crippen molar-refractivity contribution in [1.82, 2.24) is 9.55 Å². The van der Waals surface area contributed by atoms with Crippen molar-refractivity contribution in [2.75, 3.05) is 7.11 Å². The summed E-state index contributed by atoms with van der Waals surface area (Å²) >= 11 is 3.49. The van der Waals surface area contributed by atoms with E-state index in [1.54, 1.807) is 12.3 Å². The fraction of sp³-hybridized carbons (Fsp3) is 0.278. The largest absolute Gasteiger partial charge is 0.469 e. The van der Waals surface area contributed by atoms with E-state index in [4.69, 9.17) is 4.42 Å². The molecule has 0 N–H and O–H groups in total. The van der Waals surface area contributed by atoms with Crippen LogP contribution in [0.3, 0.4) is 0 Å². The third-order valence-electron chi connectivity index (χ3n) is 4.03. The number of rotatable bonds is 5. The topological polar surface area (TPSA) is 74.3 Å². The molecular weight excluding hydrogens is 388 g/mol. The lowest BCUT2D eigenvalue weighted by Gasteiger charge is -2.03. The van der Waals surface area contributed by atoms with Gasteiger partial charge in [0.15, 0.2) is 11.1 Å². The molecule has 7 heteroatoms. The van der Waals surface area contributed by atoms with Crippen LogP contribution in [0.25, 0.3) is 22.6 Å². The second-order valence-electron chi connectivity index (χ2n) is 5.64. The number of benzene rings is 1. The normalized spacial score (nSPS) is 11.0. The van der Waals surface area contributed by atoms with Gasteiger partial charge >= 0.3 is 5.97 Å². The minimum atomic E-state index is -0.289. The van der Waals surface area contributed by atoms with Gasteiger partial charge in [-0.1, -0.05) is 22.0 Å². The molecule has 0 bridgehead atoms. The maximum Gasteiger partial charge on any atom is 0.305 e. The van der Waals surface area contributed by atoms with E-state index in [2.05, 4.69) is 25.7 Å². The van der Waals surface area contributed by atoms with E-state index in [9.17, 15) is 9.59 Å². The van der Waals surface area contributed by atoms with Crippen LogP contribution in [0.15, 0.2) is 44.1 Å². The lowest BCUT2D eigenvalue weighted by atomic mass is 10.1. The molecule has 6 nitrogen and oxygen atoms in total. The number of aryl methyl sites for hydroxylation is 1. The van der Waals surface area contributed by atoms with Crippen LogP contribution in [-0.2, 0) is 16.1 Å². The molecule has 3 rings (SSSR count). The number of hydrogen-bond donors (Lipinski definition) is 0. The number of aromatic nitrogens is 2. The van der Waals surface area contributed by atoms with Gasteiger partial charge in [-0.25, -0.2) is 4.98 Å². The van der Waals surface area contributed by atoms with Gasteiger partial charge in [0, 0.05) is 29.2 Å². The molecule has 2 aromatic heterocycles. The summed E-state index contributed by atoms with van der Waals surface area (Å²) in [5.74, 6) is 0.126. The standard InChI is InChI=1S/C18H17BrN2O4/c1-11-12(5-3-6-13(11)19)17-20-16-14(25-17)8-10-21(18(16)23)9-4-7-15(22)24-2/h3,5-6,8,10H,4,7,9H2,1-2H3. The second-order valence-corrected chi connectivity index (χ2v) is 6.49. The Labute approximate surface area is 152 Å². The molecule has 0 aliphatic rings. The molecule has 130 valence electrons. The van der Waals surface area contributed by atoms with E-state index in [0.717, 1.165) is 15.6 Å². The van der Waals surface area contributed by atoms with E-state index in [0.29, 0.717) is 24.4 Å². The Kier molecular flexibility index (Phi) is 5.03. The Balaban J connectivity index is 1.93. The molecule has 0 saturated carbocycles. The van der Waals surface area contributed by atoms with Crippen LogP contribution in [-0.4, -0.2) is 22.6 Å². The third kappa shape index (κ3) is 3.51. The second kappa shape index (κ2) is 7.23. The first-order valence-corrected chi connectivity index (χ1v) is 8.63. The van der Waals surface area contributed by atoms with Crippen LogP contribution in [0.5, 0.6) is 0 Å². The number of halogens is 1. The third-order valence-corrected chi connectivity index (χ3v) is 4.89. The van der Waals surface area contributed by atoms with Crippen molar-refractivity contribution >= 4 is 33.0 Å². The Morgan fingerprint density at radius 2 is 2.16 bits per heavy atom. The quantitative estimate of drug-likeness (QED) is 0.606. The molecule has 0 fully saturated rings. The summed E-state index contributed by atoms with van der Waals surface area (Å²) in [6.45, 7) is 2.38. The molecular formula is C18H17BrN2O4. The highest BCUT2D eigenvalue weighted by Crippen LogP contribution is 2.29. The van der Waals surface area contributed by atoms with Gasteiger partial charge in [-0.05, 0) is 37.1 Å². The van der Waals surface area contributed by atoms with Gasteiger partial charge in [0.05, 0.1) is 7.11 Å². The highest BCUT2D eigenvalue weighted by atomic mass is 79.9. The van der Waals surface area contributed by atoms with Crippen molar-refractivity contribution < 1.29 is 13.9 Å². The number of carbonyl (C=O) groups excluding carboxylic acids is 1. The van der Waals surface area contributed by atoms with Crippen LogP contribution in [0.4, 0.5) is 0 Å². The number of hydrogen-bond acceptors (Lipinski definition) is 5. The zero-order chi connectivity index (χ0) is 18.0. The molecule has 0 saturated heterocycles. The number of nitrogens with zero attached hydrogens (tertiary/aromatic N) is 2. The van der Waals surface area contributed by atoms with E-state index in [-0.39, 0.29) is 23.5 Å². The smallest absolute Gasteiger partial charge is 0.305 e. The molecule has 0 unspecified atom stereocenters.